The van der Waals surface area contributed by atoms with Crippen molar-refractivity contribution >= 4 is 41.4 Å². The minimum Gasteiger partial charge on any atom is -0.493 e. The fourth-order valence-corrected chi connectivity index (χ4v) is 8.99. The van der Waals surface area contributed by atoms with Gasteiger partial charge < -0.3 is 44.9 Å². The number of nitrogens with one attached hydrogen (secondary N) is 3. The van der Waals surface area contributed by atoms with Crippen LogP contribution >= 0.6 is 0 Å². The average molecular weight is 1060 g/mol. The zero-order valence-electron chi connectivity index (χ0n) is 46.7. The molecule has 4 amide bonds. The number of carbonyl (C=O) groups excluding carboxylic acids is 7. The second kappa shape index (κ2) is 28.3. The van der Waals surface area contributed by atoms with E-state index in [9.17, 15) is 33.9 Å². The third-order valence-corrected chi connectivity index (χ3v) is 12.9. The standard InChI is InChI=1S/C61H80N4O12/c1-11-13-15-40-17-20-42(21-18-40)43-22-24-44(25-23-43)50(67)37-46(16-14-29-62-58(72)76-60(4,5)6)57(71)65(10)55-45-26-28-54(74-31-12-2)48(36-45)47-34-41(19-27-53(47)75-32-30-63-59(73)77-61(7,8)9)35-49(52(69)38-66)64-56(70)39(3)33-51(55)68/h17-28,34,36,39,46,49,55,66H,11-16,29-33,35,37-38H2,1-10H3,(H,62,72)(H,63,73)(H,64,70)/t39-,46-,49+,55+/m1/s1. The number of aryl methyl sites for hydroxylation is 1. The van der Waals surface area contributed by atoms with Crippen LogP contribution in [0.2, 0.25) is 0 Å². The van der Waals surface area contributed by atoms with E-state index in [1.807, 2.05) is 19.1 Å². The number of likely N-dealkylation sites (N-methyl/N-ethyl adjacent to an activating group) is 1. The van der Waals surface area contributed by atoms with Gasteiger partial charge in [0.15, 0.2) is 17.3 Å². The summed E-state index contributed by atoms with van der Waals surface area (Å²) in [5, 5.41) is 18.2. The van der Waals surface area contributed by atoms with Gasteiger partial charge in [0.2, 0.25) is 11.8 Å². The van der Waals surface area contributed by atoms with E-state index in [2.05, 4.69) is 47.1 Å². The molecule has 0 saturated heterocycles. The van der Waals surface area contributed by atoms with Crippen LogP contribution in [0.4, 0.5) is 9.59 Å². The van der Waals surface area contributed by atoms with Gasteiger partial charge in [-0.05, 0) is 132 Å². The molecule has 16 nitrogen and oxygen atoms in total. The quantitative estimate of drug-likeness (QED) is 0.0427. The highest BCUT2D eigenvalue weighted by Gasteiger charge is 2.36. The molecule has 77 heavy (non-hydrogen) atoms. The summed E-state index contributed by atoms with van der Waals surface area (Å²) in [6, 6.07) is 23.6. The molecule has 0 fully saturated rings. The number of aliphatic hydroxyl groups is 1. The zero-order valence-corrected chi connectivity index (χ0v) is 46.7. The number of alkyl carbamates (subject to hydrolysis) is 2. The van der Waals surface area contributed by atoms with Crippen molar-refractivity contribution in [1.82, 2.24) is 20.9 Å². The maximum Gasteiger partial charge on any atom is 0.407 e. The first-order valence-corrected chi connectivity index (χ1v) is 26.9. The molecule has 0 aliphatic carbocycles. The van der Waals surface area contributed by atoms with Crippen LogP contribution in [-0.4, -0.2) is 109 Å². The zero-order chi connectivity index (χ0) is 56.5. The van der Waals surface area contributed by atoms with E-state index in [0.29, 0.717) is 52.3 Å². The summed E-state index contributed by atoms with van der Waals surface area (Å²) >= 11 is 0. The minimum atomic E-state index is -1.30. The fraction of sp³-hybridized carbons (Fsp3) is 0.492. The van der Waals surface area contributed by atoms with Crippen LogP contribution in [0, 0.1) is 11.8 Å². The molecule has 0 aromatic heterocycles. The number of amides is 4. The SMILES string of the molecule is CCCCc1ccc(-c2ccc(C(=O)C[C@@H](CCCNC(=O)OC(C)(C)C)C(=O)N(C)[C@@H]3C(=O)C[C@@H](C)C(=O)N[C@H](C(=O)CO)Cc4ccc(OCCNC(=O)OC(C)(C)C)c(c4)-c4cc3ccc4OCCC)cc2)cc1. The van der Waals surface area contributed by atoms with Crippen molar-refractivity contribution in [1.29, 1.82) is 0 Å². The van der Waals surface area contributed by atoms with Gasteiger partial charge in [-0.2, -0.15) is 0 Å². The Morgan fingerprint density at radius 2 is 1.31 bits per heavy atom. The van der Waals surface area contributed by atoms with E-state index in [-0.39, 0.29) is 57.6 Å². The van der Waals surface area contributed by atoms with Crippen LogP contribution in [0.1, 0.15) is 140 Å². The molecule has 4 aromatic rings. The van der Waals surface area contributed by atoms with E-state index in [1.165, 1.54) is 17.5 Å². The van der Waals surface area contributed by atoms with Gasteiger partial charge in [-0.3, -0.25) is 24.0 Å². The number of nitrogens with zero attached hydrogens (tertiary/aromatic N) is 1. The maximum atomic E-state index is 15.2. The van der Waals surface area contributed by atoms with Gasteiger partial charge in [0, 0.05) is 55.0 Å². The first-order valence-electron chi connectivity index (χ1n) is 26.9. The minimum absolute atomic E-state index is 0.00544. The van der Waals surface area contributed by atoms with Crippen molar-refractivity contribution < 1.29 is 57.6 Å². The van der Waals surface area contributed by atoms with Crippen LogP contribution in [0.3, 0.4) is 0 Å². The van der Waals surface area contributed by atoms with Crippen LogP contribution in [0.25, 0.3) is 22.3 Å². The molecule has 4 atom stereocenters. The second-order valence-electron chi connectivity index (χ2n) is 21.8. The Kier molecular flexibility index (Phi) is 22.4. The Morgan fingerprint density at radius 1 is 0.727 bits per heavy atom. The van der Waals surface area contributed by atoms with Gasteiger partial charge in [-0.25, -0.2) is 9.59 Å². The summed E-state index contributed by atoms with van der Waals surface area (Å²) in [6.07, 6.45) is 2.50. The molecule has 0 saturated carbocycles. The van der Waals surface area contributed by atoms with Gasteiger partial charge in [0.05, 0.1) is 19.2 Å². The molecule has 5 rings (SSSR count). The Morgan fingerprint density at radius 3 is 1.91 bits per heavy atom. The summed E-state index contributed by atoms with van der Waals surface area (Å²) in [5.74, 6) is -3.71. The molecule has 16 heteroatoms. The van der Waals surface area contributed by atoms with E-state index < -0.39 is 77.3 Å². The lowest BCUT2D eigenvalue weighted by atomic mass is 9.88. The van der Waals surface area contributed by atoms with Gasteiger partial charge in [0.25, 0.3) is 0 Å². The average Bonchev–Trinajstić information content (AvgIpc) is 3.39. The Balaban J connectivity index is 1.56. The molecule has 0 unspecified atom stereocenters. The molecule has 4 bridgehead atoms. The number of fused-ring (bicyclic) bond motifs is 5. The van der Waals surface area contributed by atoms with Crippen molar-refractivity contribution in [3.63, 3.8) is 0 Å². The molecule has 0 radical (unpaired) electrons. The Bertz CT molecular complexity index is 2670. The van der Waals surface area contributed by atoms with Crippen molar-refractivity contribution in [3.05, 3.63) is 107 Å². The number of ketones is 3. The van der Waals surface area contributed by atoms with E-state index in [1.54, 1.807) is 97.0 Å². The van der Waals surface area contributed by atoms with Crippen molar-refractivity contribution in [2.45, 2.75) is 143 Å². The number of unbranched alkanes of at least 4 members (excludes halogenated alkanes) is 1. The normalized spacial score (nSPS) is 16.2. The predicted molar refractivity (Wildman–Crippen MR) is 296 cm³/mol. The highest BCUT2D eigenvalue weighted by Crippen LogP contribution is 2.41. The number of ether oxygens (including phenoxy) is 4. The third-order valence-electron chi connectivity index (χ3n) is 12.9. The van der Waals surface area contributed by atoms with Crippen molar-refractivity contribution in [3.8, 4) is 33.8 Å². The number of aliphatic hydroxyl groups excluding tert-OH is 1. The molecule has 1 aliphatic heterocycles. The maximum absolute atomic E-state index is 15.2. The number of carbonyl (C=O) groups is 7. The fourth-order valence-electron chi connectivity index (χ4n) is 8.99. The van der Waals surface area contributed by atoms with E-state index >= 15 is 4.79 Å². The first kappa shape index (κ1) is 60.8. The topological polar surface area (TPSA) is 216 Å². The number of benzene rings is 4. The summed E-state index contributed by atoms with van der Waals surface area (Å²) in [4.78, 5) is 98.1. The highest BCUT2D eigenvalue weighted by molar-refractivity contribution is 6.00. The first-order chi connectivity index (χ1) is 36.5. The molecular formula is C61H80N4O12. The van der Waals surface area contributed by atoms with Crippen molar-refractivity contribution in [2.75, 3.05) is 40.0 Å². The molecule has 1 aliphatic rings. The van der Waals surface area contributed by atoms with Gasteiger partial charge in [0.1, 0.15) is 42.0 Å². The third kappa shape index (κ3) is 18.6. The van der Waals surface area contributed by atoms with Crippen LogP contribution in [0.5, 0.6) is 11.5 Å². The summed E-state index contributed by atoms with van der Waals surface area (Å²) in [5.41, 5.74) is 4.10. The smallest absolute Gasteiger partial charge is 0.407 e. The van der Waals surface area contributed by atoms with Crippen molar-refractivity contribution in [2.24, 2.45) is 11.8 Å². The summed E-state index contributed by atoms with van der Waals surface area (Å²) < 4.78 is 23.5. The lowest BCUT2D eigenvalue weighted by Crippen LogP contribution is -2.46. The summed E-state index contributed by atoms with van der Waals surface area (Å²) in [6.45, 7) is 15.9. The van der Waals surface area contributed by atoms with E-state index in [0.717, 1.165) is 30.4 Å². The van der Waals surface area contributed by atoms with Gasteiger partial charge >= 0.3 is 12.2 Å². The second-order valence-corrected chi connectivity index (χ2v) is 21.8. The Hall–Kier alpha value is -7.07. The monoisotopic (exact) mass is 1060 g/mol. The number of rotatable bonds is 22. The number of Topliss-reactive ketones (excluding diaryl/α,β-unsaturated/α-hetero) is 3. The van der Waals surface area contributed by atoms with E-state index in [4.69, 9.17) is 18.9 Å². The van der Waals surface area contributed by atoms with Gasteiger partial charge in [-0.15, -0.1) is 0 Å². The summed E-state index contributed by atoms with van der Waals surface area (Å²) in [7, 11) is 1.50. The highest BCUT2D eigenvalue weighted by atomic mass is 16.6. The molecule has 416 valence electrons. The molecule has 1 heterocycles. The van der Waals surface area contributed by atoms with Crippen LogP contribution in [0.15, 0.2) is 84.9 Å². The van der Waals surface area contributed by atoms with Crippen LogP contribution < -0.4 is 25.4 Å². The molecule has 4 aromatic carbocycles. The number of hydrogen-bond donors (Lipinski definition) is 4. The van der Waals surface area contributed by atoms with Gasteiger partial charge in [-0.1, -0.05) is 87.9 Å². The predicted octanol–water partition coefficient (Wildman–Crippen LogP) is 9.95. The Labute approximate surface area is 454 Å². The lowest BCUT2D eigenvalue weighted by Gasteiger charge is -2.32. The largest absolute Gasteiger partial charge is 0.493 e. The lowest BCUT2D eigenvalue weighted by molar-refractivity contribution is -0.142. The molecule has 4 N–H and O–H groups in total. The molecular weight excluding hydrogens is 981 g/mol. The number of hydrogen-bond acceptors (Lipinski definition) is 12. The molecule has 0 spiro atoms. The van der Waals surface area contributed by atoms with Crippen LogP contribution in [-0.2, 0) is 41.5 Å².